The van der Waals surface area contributed by atoms with Crippen LogP contribution in [0, 0.1) is 0 Å². The molecule has 2 heterocycles. The molecule has 15 heavy (non-hydrogen) atoms. The third kappa shape index (κ3) is 2.69. The average molecular weight is 213 g/mol. The van der Waals surface area contributed by atoms with Crippen molar-refractivity contribution in [1.29, 1.82) is 0 Å². The van der Waals surface area contributed by atoms with Crippen LogP contribution in [0.4, 0.5) is 0 Å². The van der Waals surface area contributed by atoms with Gasteiger partial charge in [-0.15, -0.1) is 0 Å². The van der Waals surface area contributed by atoms with Crippen LogP contribution >= 0.6 is 0 Å². The van der Waals surface area contributed by atoms with Crippen LogP contribution in [0.1, 0.15) is 32.6 Å². The Bertz CT molecular complexity index is 232. The highest BCUT2D eigenvalue weighted by Crippen LogP contribution is 2.34. The topological polar surface area (TPSA) is 47.6 Å². The third-order valence-electron chi connectivity index (χ3n) is 3.15. The van der Waals surface area contributed by atoms with Crippen LogP contribution in [0.3, 0.4) is 0 Å². The Morgan fingerprint density at radius 1 is 1.53 bits per heavy atom. The summed E-state index contributed by atoms with van der Waals surface area (Å²) in [6, 6.07) is 0.457. The highest BCUT2D eigenvalue weighted by atomic mass is 16.5. The summed E-state index contributed by atoms with van der Waals surface area (Å²) in [5.41, 5.74) is 0. The quantitative estimate of drug-likeness (QED) is 0.688. The first-order valence-corrected chi connectivity index (χ1v) is 5.84. The Kier molecular flexibility index (Phi) is 3.59. The fourth-order valence-electron chi connectivity index (χ4n) is 2.45. The summed E-state index contributed by atoms with van der Waals surface area (Å²) in [6.45, 7) is 3.00. The molecule has 0 amide bonds. The number of hydrogen-bond donors (Lipinski definition) is 1. The highest BCUT2D eigenvalue weighted by molar-refractivity contribution is 5.69. The van der Waals surface area contributed by atoms with E-state index < -0.39 is 0 Å². The fourth-order valence-corrected chi connectivity index (χ4v) is 2.45. The lowest BCUT2D eigenvalue weighted by Crippen LogP contribution is -2.38. The normalized spacial score (nSPS) is 33.3. The van der Waals surface area contributed by atoms with Gasteiger partial charge in [0.1, 0.15) is 0 Å². The number of nitrogens with one attached hydrogen (secondary N) is 1. The third-order valence-corrected chi connectivity index (χ3v) is 3.15. The van der Waals surface area contributed by atoms with E-state index in [0.717, 1.165) is 6.42 Å². The summed E-state index contributed by atoms with van der Waals surface area (Å²) in [4.78, 5) is 11.1. The van der Waals surface area contributed by atoms with Gasteiger partial charge in [-0.1, -0.05) is 0 Å². The molecular formula is C11H19NO3. The van der Waals surface area contributed by atoms with Crippen molar-refractivity contribution in [2.24, 2.45) is 0 Å². The minimum Gasteiger partial charge on any atom is -0.466 e. The maximum Gasteiger partial charge on any atom is 0.307 e. The average Bonchev–Trinajstić information content (AvgIpc) is 2.79. The van der Waals surface area contributed by atoms with Crippen molar-refractivity contribution < 1.29 is 14.3 Å². The van der Waals surface area contributed by atoms with E-state index in [1.807, 2.05) is 6.92 Å². The van der Waals surface area contributed by atoms with Crippen molar-refractivity contribution >= 4 is 5.97 Å². The van der Waals surface area contributed by atoms with Crippen molar-refractivity contribution in [3.8, 4) is 0 Å². The molecule has 2 fully saturated rings. The van der Waals surface area contributed by atoms with E-state index in [1.54, 1.807) is 0 Å². The van der Waals surface area contributed by atoms with Crippen molar-refractivity contribution in [1.82, 2.24) is 5.32 Å². The number of hydrogen-bond acceptors (Lipinski definition) is 4. The summed E-state index contributed by atoms with van der Waals surface area (Å²) < 4.78 is 10.6. The Morgan fingerprint density at radius 3 is 3.00 bits per heavy atom. The van der Waals surface area contributed by atoms with E-state index in [9.17, 15) is 4.79 Å². The van der Waals surface area contributed by atoms with E-state index in [4.69, 9.17) is 9.47 Å². The number of carbonyl (C=O) groups is 1. The number of esters is 1. The van der Waals surface area contributed by atoms with Gasteiger partial charge in [-0.2, -0.15) is 0 Å². The van der Waals surface area contributed by atoms with Gasteiger partial charge in [0.25, 0.3) is 0 Å². The molecule has 0 radical (unpaired) electrons. The molecule has 3 unspecified atom stereocenters. The molecule has 0 aromatic heterocycles. The van der Waals surface area contributed by atoms with Crippen molar-refractivity contribution in [2.75, 3.05) is 13.2 Å². The van der Waals surface area contributed by atoms with Crippen molar-refractivity contribution in [3.05, 3.63) is 0 Å². The Labute approximate surface area is 90.3 Å². The lowest BCUT2D eigenvalue weighted by molar-refractivity contribution is -0.143. The minimum absolute atomic E-state index is 0.117. The predicted octanol–water partition coefficient (Wildman–Crippen LogP) is 0.849. The van der Waals surface area contributed by atoms with Gasteiger partial charge in [-0.05, 0) is 26.2 Å². The number of carbonyl (C=O) groups excluding carboxylic acids is 1. The summed E-state index contributed by atoms with van der Waals surface area (Å²) >= 11 is 0. The first-order valence-electron chi connectivity index (χ1n) is 5.84. The molecule has 0 aromatic carbocycles. The molecule has 3 atom stereocenters. The van der Waals surface area contributed by atoms with E-state index in [-0.39, 0.29) is 5.97 Å². The Hall–Kier alpha value is -0.610. The molecule has 4 heteroatoms. The van der Waals surface area contributed by atoms with Crippen molar-refractivity contribution in [3.63, 3.8) is 0 Å². The summed E-state index contributed by atoms with van der Waals surface area (Å²) in [7, 11) is 0. The molecule has 0 saturated carbocycles. The molecule has 86 valence electrons. The smallest absolute Gasteiger partial charge is 0.307 e. The first kappa shape index (κ1) is 10.9. The Morgan fingerprint density at radius 2 is 2.40 bits per heavy atom. The molecular weight excluding hydrogens is 194 g/mol. The number of fused-ring (bicyclic) bond motifs is 2. The van der Waals surface area contributed by atoms with Crippen molar-refractivity contribution in [2.45, 2.75) is 50.9 Å². The van der Waals surface area contributed by atoms with Gasteiger partial charge in [0.05, 0.1) is 25.2 Å². The molecule has 2 aliphatic rings. The molecule has 0 spiro atoms. The second-order valence-electron chi connectivity index (χ2n) is 4.23. The zero-order chi connectivity index (χ0) is 10.7. The highest BCUT2D eigenvalue weighted by Gasteiger charge is 2.40. The molecule has 1 N–H and O–H groups in total. The van der Waals surface area contributed by atoms with E-state index in [2.05, 4.69) is 5.32 Å². The predicted molar refractivity (Wildman–Crippen MR) is 55.6 cm³/mol. The van der Waals surface area contributed by atoms with Crippen LogP contribution in [-0.2, 0) is 14.3 Å². The van der Waals surface area contributed by atoms with Gasteiger partial charge in [0.2, 0.25) is 0 Å². The van der Waals surface area contributed by atoms with E-state index >= 15 is 0 Å². The first-order chi connectivity index (χ1) is 7.29. The number of rotatable bonds is 5. The van der Waals surface area contributed by atoms with Crippen LogP contribution in [0.5, 0.6) is 0 Å². The van der Waals surface area contributed by atoms with Crippen LogP contribution in [0.15, 0.2) is 0 Å². The van der Waals surface area contributed by atoms with E-state index in [1.165, 1.54) is 12.8 Å². The molecule has 2 saturated heterocycles. The maximum atomic E-state index is 11.1. The zero-order valence-corrected chi connectivity index (χ0v) is 9.20. The molecule has 2 aliphatic heterocycles. The second kappa shape index (κ2) is 4.94. The second-order valence-corrected chi connectivity index (χ2v) is 4.23. The van der Waals surface area contributed by atoms with Crippen LogP contribution in [0.2, 0.25) is 0 Å². The molecule has 2 bridgehead atoms. The number of ether oxygens (including phenoxy) is 2. The minimum atomic E-state index is -0.117. The SMILES string of the molecule is CCOC(=O)CCNC1CC2CCC1O2. The Balaban J connectivity index is 1.60. The maximum absolute atomic E-state index is 11.1. The van der Waals surface area contributed by atoms with Gasteiger partial charge in [0, 0.05) is 12.6 Å². The van der Waals surface area contributed by atoms with Crippen LogP contribution in [-0.4, -0.2) is 37.4 Å². The van der Waals surface area contributed by atoms with Gasteiger partial charge in [-0.25, -0.2) is 0 Å². The van der Waals surface area contributed by atoms with Crippen LogP contribution in [0.25, 0.3) is 0 Å². The lowest BCUT2D eigenvalue weighted by Gasteiger charge is -2.19. The fraction of sp³-hybridized carbons (Fsp3) is 0.909. The molecule has 0 aliphatic carbocycles. The standard InChI is InChI=1S/C11H19NO3/c1-2-14-11(13)5-6-12-9-7-8-3-4-10(9)15-8/h8-10,12H,2-7H2,1H3. The van der Waals surface area contributed by atoms with Gasteiger partial charge in [0.15, 0.2) is 0 Å². The molecule has 4 nitrogen and oxygen atoms in total. The summed E-state index contributed by atoms with van der Waals surface area (Å²) in [6.07, 6.45) is 4.80. The molecule has 2 rings (SSSR count). The largest absolute Gasteiger partial charge is 0.466 e. The van der Waals surface area contributed by atoms with Gasteiger partial charge >= 0.3 is 5.97 Å². The van der Waals surface area contributed by atoms with E-state index in [0.29, 0.717) is 37.8 Å². The monoisotopic (exact) mass is 213 g/mol. The van der Waals surface area contributed by atoms with Gasteiger partial charge < -0.3 is 14.8 Å². The van der Waals surface area contributed by atoms with Gasteiger partial charge in [-0.3, -0.25) is 4.79 Å². The zero-order valence-electron chi connectivity index (χ0n) is 9.20. The molecule has 0 aromatic rings. The summed E-state index contributed by atoms with van der Waals surface area (Å²) in [5.74, 6) is -0.117. The lowest BCUT2D eigenvalue weighted by atomic mass is 9.95. The van der Waals surface area contributed by atoms with Crippen LogP contribution < -0.4 is 5.32 Å². The summed E-state index contributed by atoms with van der Waals surface area (Å²) in [5, 5.41) is 3.38.